The molecule has 0 aromatic carbocycles. The number of piperazine rings is 1. The summed E-state index contributed by atoms with van der Waals surface area (Å²) in [7, 11) is 0. The van der Waals surface area contributed by atoms with Gasteiger partial charge in [0, 0.05) is 19.3 Å². The Hall–Kier alpha value is -2.11. The van der Waals surface area contributed by atoms with Crippen molar-refractivity contribution in [3.63, 3.8) is 0 Å². The van der Waals surface area contributed by atoms with Gasteiger partial charge in [0.2, 0.25) is 5.91 Å². The molecule has 2 rings (SSSR count). The Labute approximate surface area is 105 Å². The molecule has 1 aromatic heterocycles. The lowest BCUT2D eigenvalue weighted by molar-refractivity contribution is -0.123. The molecule has 0 spiro atoms. The lowest BCUT2D eigenvalue weighted by Crippen LogP contribution is -2.55. The largest absolute Gasteiger partial charge is 0.478 e. The number of carbonyl (C=O) groups is 2. The van der Waals surface area contributed by atoms with Crippen molar-refractivity contribution in [2.75, 3.05) is 18.0 Å². The van der Waals surface area contributed by atoms with E-state index in [2.05, 4.69) is 10.3 Å². The van der Waals surface area contributed by atoms with Crippen LogP contribution in [0.3, 0.4) is 0 Å². The zero-order valence-corrected chi connectivity index (χ0v) is 10.1. The Balaban J connectivity index is 2.24. The lowest BCUT2D eigenvalue weighted by atomic mass is 10.1. The molecule has 2 heterocycles. The highest BCUT2D eigenvalue weighted by atomic mass is 16.4. The minimum atomic E-state index is -1.00. The van der Waals surface area contributed by atoms with E-state index in [4.69, 9.17) is 5.11 Å². The minimum absolute atomic E-state index is 0.00661. The van der Waals surface area contributed by atoms with Crippen LogP contribution < -0.4 is 10.2 Å². The number of aromatic carboxylic acids is 1. The zero-order valence-electron chi connectivity index (χ0n) is 10.1. The van der Waals surface area contributed by atoms with Crippen LogP contribution in [-0.4, -0.2) is 41.1 Å². The second-order valence-electron chi connectivity index (χ2n) is 4.12. The van der Waals surface area contributed by atoms with Gasteiger partial charge in [0.05, 0.1) is 5.56 Å². The number of pyridine rings is 1. The number of carboxylic acids is 1. The molecule has 18 heavy (non-hydrogen) atoms. The number of rotatable bonds is 3. The van der Waals surface area contributed by atoms with Crippen molar-refractivity contribution >= 4 is 17.7 Å². The molecule has 1 aliphatic rings. The van der Waals surface area contributed by atoms with E-state index < -0.39 is 5.97 Å². The van der Waals surface area contributed by atoms with Crippen molar-refractivity contribution in [3.8, 4) is 0 Å². The normalized spacial score (nSPS) is 19.5. The summed E-state index contributed by atoms with van der Waals surface area (Å²) in [6.07, 6.45) is 2.01. The number of carbonyl (C=O) groups excluding carboxylic acids is 1. The van der Waals surface area contributed by atoms with Gasteiger partial charge in [-0.3, -0.25) is 4.79 Å². The van der Waals surface area contributed by atoms with Gasteiger partial charge >= 0.3 is 5.97 Å². The summed E-state index contributed by atoms with van der Waals surface area (Å²) in [6, 6.07) is 2.91. The van der Waals surface area contributed by atoms with Crippen LogP contribution in [-0.2, 0) is 4.79 Å². The van der Waals surface area contributed by atoms with Crippen molar-refractivity contribution < 1.29 is 14.7 Å². The first kappa shape index (κ1) is 12.3. The first-order valence-corrected chi connectivity index (χ1v) is 5.87. The molecule has 1 saturated heterocycles. The monoisotopic (exact) mass is 249 g/mol. The molecule has 6 heteroatoms. The average Bonchev–Trinajstić information content (AvgIpc) is 2.38. The van der Waals surface area contributed by atoms with Crippen molar-refractivity contribution in [2.45, 2.75) is 19.4 Å². The zero-order chi connectivity index (χ0) is 13.1. The van der Waals surface area contributed by atoms with Crippen LogP contribution in [0.25, 0.3) is 0 Å². The van der Waals surface area contributed by atoms with Gasteiger partial charge in [-0.1, -0.05) is 6.92 Å². The smallest absolute Gasteiger partial charge is 0.337 e. The summed E-state index contributed by atoms with van der Waals surface area (Å²) in [6.45, 7) is 3.20. The third-order valence-electron chi connectivity index (χ3n) is 3.01. The summed E-state index contributed by atoms with van der Waals surface area (Å²) in [4.78, 5) is 28.5. The van der Waals surface area contributed by atoms with Crippen molar-refractivity contribution in [2.24, 2.45) is 0 Å². The highest BCUT2D eigenvalue weighted by molar-refractivity contribution is 5.88. The van der Waals surface area contributed by atoms with Gasteiger partial charge < -0.3 is 15.3 Å². The van der Waals surface area contributed by atoms with E-state index in [1.165, 1.54) is 12.3 Å². The fourth-order valence-corrected chi connectivity index (χ4v) is 2.08. The SMILES string of the molecule is CCC1C(=O)NCCN1c1ccc(C(=O)O)cn1. The van der Waals surface area contributed by atoms with Gasteiger partial charge in [-0.05, 0) is 18.6 Å². The summed E-state index contributed by atoms with van der Waals surface area (Å²) in [5.41, 5.74) is 0.147. The number of anilines is 1. The molecule has 2 N–H and O–H groups in total. The highest BCUT2D eigenvalue weighted by Crippen LogP contribution is 2.18. The van der Waals surface area contributed by atoms with Gasteiger partial charge in [-0.2, -0.15) is 0 Å². The van der Waals surface area contributed by atoms with E-state index in [1.807, 2.05) is 11.8 Å². The van der Waals surface area contributed by atoms with E-state index in [0.29, 0.717) is 25.3 Å². The molecule has 0 saturated carbocycles. The number of carboxylic acid groups (broad SMARTS) is 1. The van der Waals surface area contributed by atoms with E-state index in [-0.39, 0.29) is 17.5 Å². The molecule has 1 fully saturated rings. The molecule has 0 aliphatic carbocycles. The summed E-state index contributed by atoms with van der Waals surface area (Å²) >= 11 is 0. The van der Waals surface area contributed by atoms with Crippen LogP contribution in [0.1, 0.15) is 23.7 Å². The molecule has 1 amide bonds. The molecule has 96 valence electrons. The predicted molar refractivity (Wildman–Crippen MR) is 65.6 cm³/mol. The number of hydrogen-bond acceptors (Lipinski definition) is 4. The average molecular weight is 249 g/mol. The Morgan fingerprint density at radius 3 is 2.94 bits per heavy atom. The number of aromatic nitrogens is 1. The van der Waals surface area contributed by atoms with Crippen molar-refractivity contribution in [3.05, 3.63) is 23.9 Å². The summed E-state index contributed by atoms with van der Waals surface area (Å²) in [5, 5.41) is 11.6. The summed E-state index contributed by atoms with van der Waals surface area (Å²) < 4.78 is 0. The van der Waals surface area contributed by atoms with Gasteiger partial charge in [0.1, 0.15) is 11.9 Å². The van der Waals surface area contributed by atoms with Crippen LogP contribution in [0.5, 0.6) is 0 Å². The second-order valence-corrected chi connectivity index (χ2v) is 4.12. The standard InChI is InChI=1S/C12H15N3O3/c1-2-9-11(16)13-5-6-15(9)10-4-3-8(7-14-10)12(17)18/h3-4,7,9H,2,5-6H2,1H3,(H,13,16)(H,17,18). The summed E-state index contributed by atoms with van der Waals surface area (Å²) in [5.74, 6) is -0.368. The van der Waals surface area contributed by atoms with Crippen molar-refractivity contribution in [1.82, 2.24) is 10.3 Å². The number of hydrogen-bond donors (Lipinski definition) is 2. The fraction of sp³-hybridized carbons (Fsp3) is 0.417. The van der Waals surface area contributed by atoms with E-state index in [0.717, 1.165) is 0 Å². The number of nitrogens with zero attached hydrogens (tertiary/aromatic N) is 2. The second kappa shape index (κ2) is 5.03. The van der Waals surface area contributed by atoms with E-state index in [9.17, 15) is 9.59 Å². The molecule has 6 nitrogen and oxygen atoms in total. The molecular formula is C12H15N3O3. The van der Waals surface area contributed by atoms with Crippen molar-refractivity contribution in [1.29, 1.82) is 0 Å². The van der Waals surface area contributed by atoms with Gasteiger partial charge in [-0.25, -0.2) is 9.78 Å². The Morgan fingerprint density at radius 1 is 1.61 bits per heavy atom. The quantitative estimate of drug-likeness (QED) is 0.815. The molecule has 0 bridgehead atoms. The maximum atomic E-state index is 11.7. The fourth-order valence-electron chi connectivity index (χ4n) is 2.08. The molecule has 1 atom stereocenters. The number of amides is 1. The Kier molecular flexibility index (Phi) is 3.45. The van der Waals surface area contributed by atoms with Crippen LogP contribution >= 0.6 is 0 Å². The van der Waals surface area contributed by atoms with Crippen LogP contribution in [0.4, 0.5) is 5.82 Å². The predicted octanol–water partition coefficient (Wildman–Crippen LogP) is 0.495. The first-order valence-electron chi connectivity index (χ1n) is 5.87. The Bertz CT molecular complexity index is 458. The molecule has 0 radical (unpaired) electrons. The van der Waals surface area contributed by atoms with Gasteiger partial charge in [-0.15, -0.1) is 0 Å². The third kappa shape index (κ3) is 2.27. The van der Waals surface area contributed by atoms with Crippen LogP contribution in [0, 0.1) is 0 Å². The topological polar surface area (TPSA) is 82.5 Å². The Morgan fingerprint density at radius 2 is 2.39 bits per heavy atom. The minimum Gasteiger partial charge on any atom is -0.478 e. The molecular weight excluding hydrogens is 234 g/mol. The maximum Gasteiger partial charge on any atom is 0.337 e. The third-order valence-corrected chi connectivity index (χ3v) is 3.01. The first-order chi connectivity index (χ1) is 8.63. The van der Waals surface area contributed by atoms with E-state index in [1.54, 1.807) is 6.07 Å². The van der Waals surface area contributed by atoms with Crippen LogP contribution in [0.2, 0.25) is 0 Å². The van der Waals surface area contributed by atoms with E-state index >= 15 is 0 Å². The number of nitrogens with one attached hydrogen (secondary N) is 1. The molecule has 1 unspecified atom stereocenters. The van der Waals surface area contributed by atoms with Gasteiger partial charge in [0.25, 0.3) is 0 Å². The lowest BCUT2D eigenvalue weighted by Gasteiger charge is -2.35. The van der Waals surface area contributed by atoms with Crippen LogP contribution in [0.15, 0.2) is 18.3 Å². The maximum absolute atomic E-state index is 11.7. The molecule has 1 aliphatic heterocycles. The molecule has 1 aromatic rings. The highest BCUT2D eigenvalue weighted by Gasteiger charge is 2.28. The van der Waals surface area contributed by atoms with Gasteiger partial charge in [0.15, 0.2) is 0 Å².